The molecule has 0 aliphatic heterocycles. The van der Waals surface area contributed by atoms with E-state index in [1.165, 1.54) is 30.3 Å². The Morgan fingerprint density at radius 2 is 1.84 bits per heavy atom. The summed E-state index contributed by atoms with van der Waals surface area (Å²) in [5.41, 5.74) is 0.961. The van der Waals surface area contributed by atoms with Gasteiger partial charge in [-0.25, -0.2) is 8.78 Å². The van der Waals surface area contributed by atoms with Gasteiger partial charge in [0.15, 0.2) is 12.4 Å². The summed E-state index contributed by atoms with van der Waals surface area (Å²) in [5.74, 6) is -0.959. The number of Topliss-reactive ketones (excluding diaryl/α,β-unsaturated/α-hetero) is 1. The molecule has 0 amide bonds. The van der Waals surface area contributed by atoms with Crippen molar-refractivity contribution < 1.29 is 18.3 Å². The summed E-state index contributed by atoms with van der Waals surface area (Å²) in [6, 6.07) is 9.46. The molecule has 0 saturated carbocycles. The van der Waals surface area contributed by atoms with Gasteiger partial charge in [0, 0.05) is 11.6 Å². The molecule has 0 N–H and O–H groups in total. The van der Waals surface area contributed by atoms with E-state index in [1.54, 1.807) is 13.0 Å². The summed E-state index contributed by atoms with van der Waals surface area (Å²) in [7, 11) is 0. The number of rotatable bonds is 4. The van der Waals surface area contributed by atoms with Gasteiger partial charge in [-0.1, -0.05) is 18.2 Å². The number of ether oxygens (including phenoxy) is 1. The van der Waals surface area contributed by atoms with E-state index >= 15 is 0 Å². The third-order valence-electron chi connectivity index (χ3n) is 2.66. The van der Waals surface area contributed by atoms with Crippen molar-refractivity contribution in [3.8, 4) is 5.75 Å². The predicted octanol–water partition coefficient (Wildman–Crippen LogP) is 3.53. The average Bonchev–Trinajstić information content (AvgIpc) is 2.39. The van der Waals surface area contributed by atoms with E-state index in [4.69, 9.17) is 4.74 Å². The van der Waals surface area contributed by atoms with Gasteiger partial charge in [-0.15, -0.1) is 0 Å². The monoisotopic (exact) mass is 262 g/mol. The van der Waals surface area contributed by atoms with Crippen LogP contribution in [0.25, 0.3) is 0 Å². The van der Waals surface area contributed by atoms with E-state index in [1.807, 2.05) is 0 Å². The Hall–Kier alpha value is -2.23. The molecule has 0 heterocycles. The van der Waals surface area contributed by atoms with Crippen LogP contribution in [-0.4, -0.2) is 12.4 Å². The van der Waals surface area contributed by atoms with Crippen LogP contribution in [0, 0.1) is 18.6 Å². The highest BCUT2D eigenvalue weighted by molar-refractivity contribution is 5.97. The fourth-order valence-corrected chi connectivity index (χ4v) is 1.62. The van der Waals surface area contributed by atoms with Crippen molar-refractivity contribution in [3.63, 3.8) is 0 Å². The van der Waals surface area contributed by atoms with Crippen LogP contribution in [0.5, 0.6) is 5.75 Å². The van der Waals surface area contributed by atoms with Gasteiger partial charge in [-0.3, -0.25) is 4.79 Å². The number of ketones is 1. The second-order valence-electron chi connectivity index (χ2n) is 4.13. The lowest BCUT2D eigenvalue weighted by Gasteiger charge is -2.08. The number of halogens is 2. The van der Waals surface area contributed by atoms with Gasteiger partial charge in [0.2, 0.25) is 0 Å². The van der Waals surface area contributed by atoms with Crippen LogP contribution >= 0.6 is 0 Å². The van der Waals surface area contributed by atoms with Gasteiger partial charge >= 0.3 is 0 Å². The van der Waals surface area contributed by atoms with Crippen LogP contribution in [0.15, 0.2) is 42.5 Å². The zero-order valence-electron chi connectivity index (χ0n) is 10.3. The molecule has 0 saturated heterocycles. The normalized spacial score (nSPS) is 10.3. The minimum absolute atomic E-state index is 0.231. The Kier molecular flexibility index (Phi) is 3.90. The van der Waals surface area contributed by atoms with Crippen molar-refractivity contribution in [1.29, 1.82) is 0 Å². The van der Waals surface area contributed by atoms with Crippen LogP contribution in [0.1, 0.15) is 15.9 Å². The van der Waals surface area contributed by atoms with E-state index in [0.29, 0.717) is 5.75 Å². The van der Waals surface area contributed by atoms with Crippen LogP contribution in [0.3, 0.4) is 0 Å². The van der Waals surface area contributed by atoms with E-state index in [0.717, 1.165) is 11.6 Å². The first-order valence-corrected chi connectivity index (χ1v) is 5.74. The summed E-state index contributed by atoms with van der Waals surface area (Å²) in [6.45, 7) is 1.50. The van der Waals surface area contributed by atoms with Gasteiger partial charge in [0.25, 0.3) is 0 Å². The predicted molar refractivity (Wildman–Crippen MR) is 67.4 cm³/mol. The van der Waals surface area contributed by atoms with Crippen molar-refractivity contribution in [2.75, 3.05) is 6.61 Å². The average molecular weight is 262 g/mol. The number of hydrogen-bond acceptors (Lipinski definition) is 2. The van der Waals surface area contributed by atoms with Crippen molar-refractivity contribution in [2.45, 2.75) is 6.92 Å². The van der Waals surface area contributed by atoms with Gasteiger partial charge in [0.05, 0.1) is 0 Å². The first-order valence-electron chi connectivity index (χ1n) is 5.74. The van der Waals surface area contributed by atoms with Crippen molar-refractivity contribution in [2.24, 2.45) is 0 Å². The standard InChI is InChI=1S/C15H12F2O2/c1-10-5-6-13(17)8-15(10)19-9-14(18)11-3-2-4-12(16)7-11/h2-8H,9H2,1H3. The molecule has 2 aromatic rings. The van der Waals surface area contributed by atoms with Gasteiger partial charge in [-0.2, -0.15) is 0 Å². The van der Waals surface area contributed by atoms with Gasteiger partial charge in [-0.05, 0) is 30.7 Å². The maximum Gasteiger partial charge on any atom is 0.200 e. The lowest BCUT2D eigenvalue weighted by Crippen LogP contribution is -2.12. The summed E-state index contributed by atoms with van der Waals surface area (Å²) in [5, 5.41) is 0. The molecule has 2 aromatic carbocycles. The highest BCUT2D eigenvalue weighted by atomic mass is 19.1. The van der Waals surface area contributed by atoms with Crippen LogP contribution in [0.4, 0.5) is 8.78 Å². The van der Waals surface area contributed by atoms with E-state index in [2.05, 4.69) is 0 Å². The molecule has 0 bridgehead atoms. The SMILES string of the molecule is Cc1ccc(F)cc1OCC(=O)c1cccc(F)c1. The second-order valence-corrected chi connectivity index (χ2v) is 4.13. The lowest BCUT2D eigenvalue weighted by molar-refractivity contribution is 0.0920. The van der Waals surface area contributed by atoms with Crippen LogP contribution < -0.4 is 4.74 Å². The molecule has 0 aliphatic rings. The smallest absolute Gasteiger partial charge is 0.200 e. The number of aryl methyl sites for hydroxylation is 1. The quantitative estimate of drug-likeness (QED) is 0.788. The molecule has 98 valence electrons. The maximum atomic E-state index is 13.0. The fraction of sp³-hybridized carbons (Fsp3) is 0.133. The molecule has 0 radical (unpaired) electrons. The van der Waals surface area contributed by atoms with E-state index in [9.17, 15) is 13.6 Å². The Balaban J connectivity index is 2.06. The van der Waals surface area contributed by atoms with Crippen molar-refractivity contribution in [3.05, 3.63) is 65.2 Å². The fourth-order valence-electron chi connectivity index (χ4n) is 1.62. The Bertz CT molecular complexity index is 609. The molecule has 19 heavy (non-hydrogen) atoms. The highest BCUT2D eigenvalue weighted by Gasteiger charge is 2.09. The summed E-state index contributed by atoms with van der Waals surface area (Å²) in [4.78, 5) is 11.8. The largest absolute Gasteiger partial charge is 0.485 e. The van der Waals surface area contributed by atoms with Gasteiger partial charge < -0.3 is 4.74 Å². The molecule has 2 nitrogen and oxygen atoms in total. The topological polar surface area (TPSA) is 26.3 Å². The maximum absolute atomic E-state index is 13.0. The molecular weight excluding hydrogens is 250 g/mol. The van der Waals surface area contributed by atoms with Gasteiger partial charge in [0.1, 0.15) is 17.4 Å². The molecule has 0 spiro atoms. The van der Waals surface area contributed by atoms with E-state index in [-0.39, 0.29) is 18.0 Å². The lowest BCUT2D eigenvalue weighted by atomic mass is 10.1. The minimum atomic E-state index is -0.479. The first-order chi connectivity index (χ1) is 9.06. The van der Waals surface area contributed by atoms with E-state index < -0.39 is 11.6 Å². The third-order valence-corrected chi connectivity index (χ3v) is 2.66. The van der Waals surface area contributed by atoms with Crippen molar-refractivity contribution in [1.82, 2.24) is 0 Å². The molecule has 4 heteroatoms. The second kappa shape index (κ2) is 5.61. The molecule has 0 atom stereocenters. The summed E-state index contributed by atoms with van der Waals surface area (Å²) in [6.07, 6.45) is 0. The van der Waals surface area contributed by atoms with Crippen LogP contribution in [-0.2, 0) is 0 Å². The summed E-state index contributed by atoms with van der Waals surface area (Å²) >= 11 is 0. The molecule has 2 rings (SSSR count). The number of benzene rings is 2. The Morgan fingerprint density at radius 3 is 2.58 bits per heavy atom. The molecule has 0 aliphatic carbocycles. The number of hydrogen-bond donors (Lipinski definition) is 0. The Morgan fingerprint density at radius 1 is 1.11 bits per heavy atom. The van der Waals surface area contributed by atoms with Crippen molar-refractivity contribution >= 4 is 5.78 Å². The zero-order valence-corrected chi connectivity index (χ0v) is 10.3. The molecular formula is C15H12F2O2. The number of carbonyl (C=O) groups is 1. The number of carbonyl (C=O) groups excluding carboxylic acids is 1. The van der Waals surface area contributed by atoms with Crippen LogP contribution in [0.2, 0.25) is 0 Å². The zero-order chi connectivity index (χ0) is 13.8. The first kappa shape index (κ1) is 13.2. The molecule has 0 unspecified atom stereocenters. The minimum Gasteiger partial charge on any atom is -0.485 e. The third kappa shape index (κ3) is 3.37. The molecule has 0 aromatic heterocycles. The highest BCUT2D eigenvalue weighted by Crippen LogP contribution is 2.19. The Labute approximate surface area is 109 Å². The molecule has 0 fully saturated rings. The summed E-state index contributed by atoms with van der Waals surface area (Å²) < 4.78 is 31.3.